The Labute approximate surface area is 117 Å². The SMILES string of the molecule is CNc1cc(Cl)c(CNCC(F)(F)C(F)(F)F)cc1N. The van der Waals surface area contributed by atoms with E-state index in [9.17, 15) is 22.0 Å². The Morgan fingerprint density at radius 3 is 2.30 bits per heavy atom. The number of nitrogens with one attached hydrogen (secondary N) is 2. The van der Waals surface area contributed by atoms with E-state index in [0.717, 1.165) is 0 Å². The van der Waals surface area contributed by atoms with E-state index in [2.05, 4.69) is 5.32 Å². The van der Waals surface area contributed by atoms with Gasteiger partial charge in [-0.3, -0.25) is 0 Å². The molecule has 0 aromatic heterocycles. The summed E-state index contributed by atoms with van der Waals surface area (Å²) in [5.74, 6) is -4.80. The molecule has 0 unspecified atom stereocenters. The molecule has 0 aliphatic rings. The molecule has 0 fully saturated rings. The molecule has 0 heterocycles. The predicted octanol–water partition coefficient (Wildman–Crippen LogP) is 3.25. The van der Waals surface area contributed by atoms with Gasteiger partial charge in [-0.2, -0.15) is 22.0 Å². The molecule has 0 saturated heterocycles. The second-order valence-electron chi connectivity index (χ2n) is 4.09. The topological polar surface area (TPSA) is 50.1 Å². The van der Waals surface area contributed by atoms with Gasteiger partial charge >= 0.3 is 12.1 Å². The highest BCUT2D eigenvalue weighted by molar-refractivity contribution is 6.31. The van der Waals surface area contributed by atoms with E-state index in [1.807, 2.05) is 5.32 Å². The number of rotatable bonds is 5. The molecule has 9 heteroatoms. The molecule has 0 atom stereocenters. The zero-order chi connectivity index (χ0) is 15.6. The summed E-state index contributed by atoms with van der Waals surface area (Å²) >= 11 is 5.87. The lowest BCUT2D eigenvalue weighted by atomic mass is 10.1. The summed E-state index contributed by atoms with van der Waals surface area (Å²) in [7, 11) is 1.61. The third-order valence-corrected chi connectivity index (χ3v) is 2.92. The number of hydrogen-bond donors (Lipinski definition) is 3. The lowest BCUT2D eigenvalue weighted by molar-refractivity contribution is -0.279. The zero-order valence-electron chi connectivity index (χ0n) is 10.4. The number of benzene rings is 1. The number of nitrogens with two attached hydrogens (primary N) is 1. The minimum absolute atomic E-state index is 0.214. The first-order valence-electron chi connectivity index (χ1n) is 5.49. The second kappa shape index (κ2) is 6.01. The highest BCUT2D eigenvalue weighted by Crippen LogP contribution is 2.35. The first-order chi connectivity index (χ1) is 9.08. The van der Waals surface area contributed by atoms with Gasteiger partial charge in [0.2, 0.25) is 0 Å². The van der Waals surface area contributed by atoms with Crippen LogP contribution in [0.2, 0.25) is 5.02 Å². The van der Waals surface area contributed by atoms with Gasteiger partial charge in [0.15, 0.2) is 0 Å². The van der Waals surface area contributed by atoms with Crippen molar-refractivity contribution in [2.24, 2.45) is 0 Å². The van der Waals surface area contributed by atoms with Gasteiger partial charge in [0.25, 0.3) is 0 Å². The van der Waals surface area contributed by atoms with Gasteiger partial charge in [-0.1, -0.05) is 11.6 Å². The van der Waals surface area contributed by atoms with Crippen LogP contribution in [0.15, 0.2) is 12.1 Å². The van der Waals surface area contributed by atoms with E-state index in [1.165, 1.54) is 12.1 Å². The average Bonchev–Trinajstić information content (AvgIpc) is 2.31. The fraction of sp³-hybridized carbons (Fsp3) is 0.455. The lowest BCUT2D eigenvalue weighted by Crippen LogP contribution is -2.45. The Morgan fingerprint density at radius 1 is 1.20 bits per heavy atom. The molecule has 1 aromatic carbocycles. The van der Waals surface area contributed by atoms with Gasteiger partial charge in [-0.25, -0.2) is 0 Å². The van der Waals surface area contributed by atoms with E-state index >= 15 is 0 Å². The highest BCUT2D eigenvalue weighted by atomic mass is 35.5. The number of alkyl halides is 5. The minimum atomic E-state index is -5.58. The van der Waals surface area contributed by atoms with Crippen molar-refractivity contribution in [1.82, 2.24) is 5.32 Å². The Hall–Kier alpha value is -1.28. The number of hydrogen-bond acceptors (Lipinski definition) is 3. The summed E-state index contributed by atoms with van der Waals surface area (Å²) in [4.78, 5) is 0. The fourth-order valence-electron chi connectivity index (χ4n) is 1.44. The van der Waals surface area contributed by atoms with Crippen molar-refractivity contribution in [2.75, 3.05) is 24.6 Å². The van der Waals surface area contributed by atoms with Crippen molar-refractivity contribution in [1.29, 1.82) is 0 Å². The standard InChI is InChI=1S/C11H13ClF5N3/c1-19-9-3-7(12)6(2-8(9)18)4-20-5-10(13,14)11(15,16)17/h2-3,19-20H,4-5,18H2,1H3. The molecule has 0 bridgehead atoms. The van der Waals surface area contributed by atoms with Crippen molar-refractivity contribution in [3.63, 3.8) is 0 Å². The second-order valence-corrected chi connectivity index (χ2v) is 4.49. The normalized spacial score (nSPS) is 12.6. The third kappa shape index (κ3) is 3.86. The molecule has 0 amide bonds. The Bertz CT molecular complexity index is 476. The monoisotopic (exact) mass is 317 g/mol. The van der Waals surface area contributed by atoms with E-state index in [-0.39, 0.29) is 11.6 Å². The van der Waals surface area contributed by atoms with Crippen molar-refractivity contribution in [3.8, 4) is 0 Å². The summed E-state index contributed by atoms with van der Waals surface area (Å²) in [6, 6.07) is 2.88. The summed E-state index contributed by atoms with van der Waals surface area (Å²) in [5.41, 5.74) is 6.84. The van der Waals surface area contributed by atoms with Crippen LogP contribution < -0.4 is 16.4 Å². The molecule has 0 aliphatic heterocycles. The van der Waals surface area contributed by atoms with Crippen LogP contribution in [0.4, 0.5) is 33.3 Å². The maximum Gasteiger partial charge on any atom is 0.454 e. The summed E-state index contributed by atoms with van der Waals surface area (Å²) < 4.78 is 61.2. The van der Waals surface area contributed by atoms with Gasteiger partial charge in [0, 0.05) is 18.6 Å². The van der Waals surface area contributed by atoms with Crippen LogP contribution in [-0.4, -0.2) is 25.7 Å². The molecule has 1 rings (SSSR count). The van der Waals surface area contributed by atoms with Crippen LogP contribution in [0.5, 0.6) is 0 Å². The van der Waals surface area contributed by atoms with Gasteiger partial charge in [0.05, 0.1) is 17.9 Å². The summed E-state index contributed by atoms with van der Waals surface area (Å²) in [6.07, 6.45) is -5.58. The minimum Gasteiger partial charge on any atom is -0.397 e. The highest BCUT2D eigenvalue weighted by Gasteiger charge is 2.56. The molecular weight excluding hydrogens is 305 g/mol. The van der Waals surface area contributed by atoms with E-state index in [4.69, 9.17) is 17.3 Å². The molecule has 114 valence electrons. The molecular formula is C11H13ClF5N3. The Balaban J connectivity index is 2.70. The van der Waals surface area contributed by atoms with Gasteiger partial charge in [-0.05, 0) is 17.7 Å². The van der Waals surface area contributed by atoms with Crippen LogP contribution in [-0.2, 0) is 6.54 Å². The van der Waals surface area contributed by atoms with Crippen molar-refractivity contribution < 1.29 is 22.0 Å². The van der Waals surface area contributed by atoms with Crippen LogP contribution >= 0.6 is 11.6 Å². The van der Waals surface area contributed by atoms with Crippen LogP contribution in [0, 0.1) is 0 Å². The predicted molar refractivity (Wildman–Crippen MR) is 68.1 cm³/mol. The molecule has 1 aromatic rings. The quantitative estimate of drug-likeness (QED) is 0.577. The van der Waals surface area contributed by atoms with Crippen LogP contribution in [0.1, 0.15) is 5.56 Å². The smallest absolute Gasteiger partial charge is 0.397 e. The van der Waals surface area contributed by atoms with Crippen molar-refractivity contribution >= 4 is 23.0 Å². The number of halogens is 6. The zero-order valence-corrected chi connectivity index (χ0v) is 11.2. The lowest BCUT2D eigenvalue weighted by Gasteiger charge is -2.20. The molecule has 0 spiro atoms. The molecule has 3 nitrogen and oxygen atoms in total. The van der Waals surface area contributed by atoms with Crippen molar-refractivity contribution in [3.05, 3.63) is 22.7 Å². The molecule has 0 radical (unpaired) electrons. The van der Waals surface area contributed by atoms with Gasteiger partial charge < -0.3 is 16.4 Å². The summed E-state index contributed by atoms with van der Waals surface area (Å²) in [5, 5.41) is 5.00. The maximum absolute atomic E-state index is 12.7. The fourth-order valence-corrected chi connectivity index (χ4v) is 1.67. The molecule has 0 aliphatic carbocycles. The molecule has 0 saturated carbocycles. The first-order valence-corrected chi connectivity index (χ1v) is 5.87. The first kappa shape index (κ1) is 16.8. The Morgan fingerprint density at radius 2 is 1.80 bits per heavy atom. The third-order valence-electron chi connectivity index (χ3n) is 2.57. The number of anilines is 2. The maximum atomic E-state index is 12.7. The summed E-state index contributed by atoms with van der Waals surface area (Å²) in [6.45, 7) is -1.78. The van der Waals surface area contributed by atoms with Gasteiger partial charge in [-0.15, -0.1) is 0 Å². The largest absolute Gasteiger partial charge is 0.454 e. The van der Waals surface area contributed by atoms with E-state index in [0.29, 0.717) is 16.9 Å². The molecule has 20 heavy (non-hydrogen) atoms. The van der Waals surface area contributed by atoms with Crippen molar-refractivity contribution in [2.45, 2.75) is 18.6 Å². The van der Waals surface area contributed by atoms with Gasteiger partial charge in [0.1, 0.15) is 0 Å². The molecule has 4 N–H and O–H groups in total. The average molecular weight is 318 g/mol. The van der Waals surface area contributed by atoms with Crippen LogP contribution in [0.3, 0.4) is 0 Å². The van der Waals surface area contributed by atoms with E-state index < -0.39 is 18.6 Å². The Kier molecular flexibility index (Phi) is 5.04. The van der Waals surface area contributed by atoms with Crippen LogP contribution in [0.25, 0.3) is 0 Å². The van der Waals surface area contributed by atoms with E-state index in [1.54, 1.807) is 7.05 Å². The number of nitrogen functional groups attached to an aromatic ring is 1.